The summed E-state index contributed by atoms with van der Waals surface area (Å²) < 4.78 is 4.75. The molecule has 0 amide bonds. The predicted octanol–water partition coefficient (Wildman–Crippen LogP) is 20.2. The number of fused-ring (bicyclic) bond motifs is 4. The summed E-state index contributed by atoms with van der Waals surface area (Å²) in [5.41, 5.74) is 20.9. The topological polar surface area (TPSA) is 55.9 Å². The normalized spacial score (nSPS) is 12.7. The molecule has 0 bridgehead atoms. The number of phenols is 1. The standard InChI is InChI=1S/C75H80N4OSi/c1-46(2)56-29-23-30-57(47(3)4)67(56)49-33-35-65-61(42-49)59-37-38-76-68(70(59)78(65)54-27-21-18-22-28-54)51-39-50(40-52(41-51)73(5,6)7)58-31-24-32-66-69(58)77-72(62-43-53(74(8,9)10)44-63(71(62)80)75(11,12)13)79(66)64-36-34-55(81(14,15)16)45-60(64)48-25-19-17-20-26-48/h17-47,80H,1-16H3. The molecular formula is C75H80N4OSi. The fourth-order valence-corrected chi connectivity index (χ4v) is 13.2. The molecule has 0 saturated heterocycles. The van der Waals surface area contributed by atoms with Crippen molar-refractivity contribution in [2.45, 2.75) is 138 Å². The molecule has 11 rings (SSSR count). The van der Waals surface area contributed by atoms with Crippen LogP contribution in [0.15, 0.2) is 176 Å². The first kappa shape index (κ1) is 55.1. The Bertz CT molecular complexity index is 4180. The van der Waals surface area contributed by atoms with Crippen molar-refractivity contribution in [1.29, 1.82) is 0 Å². The van der Waals surface area contributed by atoms with Crippen LogP contribution in [0.3, 0.4) is 0 Å². The zero-order valence-electron chi connectivity index (χ0n) is 50.6. The van der Waals surface area contributed by atoms with Crippen LogP contribution in [-0.4, -0.2) is 32.3 Å². The Hall–Kier alpha value is -7.80. The van der Waals surface area contributed by atoms with Gasteiger partial charge >= 0.3 is 0 Å². The molecule has 6 heteroatoms. The van der Waals surface area contributed by atoms with Crippen LogP contribution in [0, 0.1) is 0 Å². The fraction of sp³-hybridized carbons (Fsp3) is 0.280. The van der Waals surface area contributed by atoms with Gasteiger partial charge in [-0.3, -0.25) is 9.55 Å². The number of phenolic OH excluding ortho intramolecular Hbond substituents is 1. The SMILES string of the molecule is CC(C)c1cccc(C(C)C)c1-c1ccc2c(c1)c1ccnc(-c3cc(-c4cccc5c4nc(-c4cc(C(C)(C)C)cc(C(C)(C)C)c4O)n5-c4ccc([Si](C)(C)C)cc4-c4ccccc4)cc(C(C)(C)C)c3)c1n2-c1ccccc1. The van der Waals surface area contributed by atoms with Crippen molar-refractivity contribution < 1.29 is 5.11 Å². The molecule has 410 valence electrons. The number of para-hydroxylation sites is 2. The summed E-state index contributed by atoms with van der Waals surface area (Å²) in [6, 6.07) is 62.8. The summed E-state index contributed by atoms with van der Waals surface area (Å²) in [4.78, 5) is 11.2. The first-order valence-corrected chi connectivity index (χ1v) is 32.7. The third-order valence-corrected chi connectivity index (χ3v) is 18.7. The molecule has 0 atom stereocenters. The van der Waals surface area contributed by atoms with Crippen molar-refractivity contribution in [2.75, 3.05) is 0 Å². The van der Waals surface area contributed by atoms with E-state index in [1.165, 1.54) is 38.4 Å². The van der Waals surface area contributed by atoms with Gasteiger partial charge in [-0.15, -0.1) is 0 Å². The maximum absolute atomic E-state index is 12.8. The predicted molar refractivity (Wildman–Crippen MR) is 349 cm³/mol. The monoisotopic (exact) mass is 1080 g/mol. The molecule has 0 saturated carbocycles. The molecule has 3 heterocycles. The molecule has 0 spiro atoms. The Morgan fingerprint density at radius 1 is 0.481 bits per heavy atom. The summed E-state index contributed by atoms with van der Waals surface area (Å²) >= 11 is 0. The van der Waals surface area contributed by atoms with Crippen LogP contribution in [0.4, 0.5) is 0 Å². The van der Waals surface area contributed by atoms with E-state index >= 15 is 0 Å². The van der Waals surface area contributed by atoms with E-state index in [1.807, 2.05) is 6.20 Å². The molecule has 0 fully saturated rings. The van der Waals surface area contributed by atoms with Gasteiger partial charge in [0.25, 0.3) is 0 Å². The lowest BCUT2D eigenvalue weighted by molar-refractivity contribution is 0.446. The minimum atomic E-state index is -1.76. The van der Waals surface area contributed by atoms with E-state index in [1.54, 1.807) is 0 Å². The smallest absolute Gasteiger partial charge is 0.149 e. The zero-order chi connectivity index (χ0) is 57.7. The molecule has 11 aromatic rings. The Kier molecular flexibility index (Phi) is 13.8. The van der Waals surface area contributed by atoms with Crippen molar-refractivity contribution in [3.8, 4) is 73.2 Å². The van der Waals surface area contributed by atoms with Crippen LogP contribution in [-0.2, 0) is 16.2 Å². The minimum Gasteiger partial charge on any atom is -0.507 e. The number of benzene rings is 8. The fourth-order valence-electron chi connectivity index (χ4n) is 12.0. The van der Waals surface area contributed by atoms with Crippen molar-refractivity contribution >= 4 is 46.1 Å². The van der Waals surface area contributed by atoms with E-state index in [9.17, 15) is 5.11 Å². The maximum Gasteiger partial charge on any atom is 0.149 e. The van der Waals surface area contributed by atoms with E-state index < -0.39 is 8.07 Å². The van der Waals surface area contributed by atoms with Gasteiger partial charge < -0.3 is 9.67 Å². The van der Waals surface area contributed by atoms with Gasteiger partial charge in [0.05, 0.1) is 47.1 Å². The van der Waals surface area contributed by atoms with Crippen LogP contribution in [0.25, 0.3) is 100 Å². The summed E-state index contributed by atoms with van der Waals surface area (Å²) in [6.07, 6.45) is 2.00. The highest BCUT2D eigenvalue weighted by Gasteiger charge is 2.31. The summed E-state index contributed by atoms with van der Waals surface area (Å²) in [7, 11) is -1.76. The van der Waals surface area contributed by atoms with E-state index in [0.717, 1.165) is 83.5 Å². The molecule has 5 nitrogen and oxygen atoms in total. The maximum atomic E-state index is 12.8. The molecule has 0 radical (unpaired) electrons. The highest BCUT2D eigenvalue weighted by Crippen LogP contribution is 2.48. The van der Waals surface area contributed by atoms with Gasteiger partial charge in [0.1, 0.15) is 11.6 Å². The lowest BCUT2D eigenvalue weighted by Gasteiger charge is -2.28. The van der Waals surface area contributed by atoms with Crippen LogP contribution < -0.4 is 5.19 Å². The van der Waals surface area contributed by atoms with Gasteiger partial charge in [0.15, 0.2) is 0 Å². The number of rotatable bonds is 10. The molecule has 0 aliphatic rings. The summed E-state index contributed by atoms with van der Waals surface area (Å²) in [5, 5.41) is 16.5. The average molecular weight is 1080 g/mol. The molecule has 0 aliphatic carbocycles. The first-order valence-electron chi connectivity index (χ1n) is 29.2. The number of aromatic nitrogens is 4. The number of aromatic hydroxyl groups is 1. The Balaban J connectivity index is 1.22. The van der Waals surface area contributed by atoms with Crippen molar-refractivity contribution in [1.82, 2.24) is 19.1 Å². The molecule has 81 heavy (non-hydrogen) atoms. The van der Waals surface area contributed by atoms with Gasteiger partial charge in [-0.25, -0.2) is 4.98 Å². The zero-order valence-corrected chi connectivity index (χ0v) is 51.6. The highest BCUT2D eigenvalue weighted by molar-refractivity contribution is 6.88. The number of imidazole rings is 1. The van der Waals surface area contributed by atoms with Gasteiger partial charge in [-0.05, 0) is 133 Å². The van der Waals surface area contributed by atoms with Gasteiger partial charge in [0, 0.05) is 44.9 Å². The third-order valence-electron chi connectivity index (χ3n) is 16.6. The van der Waals surface area contributed by atoms with E-state index in [0.29, 0.717) is 23.2 Å². The minimum absolute atomic E-state index is 0.204. The van der Waals surface area contributed by atoms with Gasteiger partial charge in [-0.1, -0.05) is 224 Å². The van der Waals surface area contributed by atoms with Crippen LogP contribution >= 0.6 is 0 Å². The molecule has 3 aromatic heterocycles. The second-order valence-corrected chi connectivity index (χ2v) is 32.4. The number of pyridine rings is 1. The molecule has 1 N–H and O–H groups in total. The lowest BCUT2D eigenvalue weighted by atomic mass is 9.79. The second kappa shape index (κ2) is 20.3. The summed E-state index contributed by atoms with van der Waals surface area (Å²) in [5.74, 6) is 1.70. The average Bonchev–Trinajstić information content (AvgIpc) is 4.21. The number of nitrogens with zero attached hydrogens (tertiary/aromatic N) is 4. The first-order chi connectivity index (χ1) is 38.3. The Morgan fingerprint density at radius 2 is 1.11 bits per heavy atom. The van der Waals surface area contributed by atoms with Crippen LogP contribution in [0.1, 0.15) is 130 Å². The Morgan fingerprint density at radius 3 is 1.74 bits per heavy atom. The highest BCUT2D eigenvalue weighted by atomic mass is 28.3. The van der Waals surface area contributed by atoms with E-state index in [-0.39, 0.29) is 22.0 Å². The Labute approximate surface area is 482 Å². The van der Waals surface area contributed by atoms with Crippen LogP contribution in [0.5, 0.6) is 5.75 Å². The van der Waals surface area contributed by atoms with E-state index in [2.05, 4.69) is 289 Å². The van der Waals surface area contributed by atoms with Crippen molar-refractivity contribution in [3.05, 3.63) is 204 Å². The molecule has 0 aliphatic heterocycles. The summed E-state index contributed by atoms with van der Waals surface area (Å²) in [6.45, 7) is 36.7. The second-order valence-electron chi connectivity index (χ2n) is 27.3. The largest absolute Gasteiger partial charge is 0.507 e. The van der Waals surface area contributed by atoms with Gasteiger partial charge in [-0.2, -0.15) is 0 Å². The van der Waals surface area contributed by atoms with Crippen LogP contribution in [0.2, 0.25) is 19.6 Å². The number of hydrogen-bond acceptors (Lipinski definition) is 3. The number of hydrogen-bond donors (Lipinski definition) is 1. The molecule has 8 aromatic carbocycles. The van der Waals surface area contributed by atoms with E-state index in [4.69, 9.17) is 9.97 Å². The third kappa shape index (κ3) is 10.0. The molecule has 0 unspecified atom stereocenters. The van der Waals surface area contributed by atoms with Crippen molar-refractivity contribution in [2.24, 2.45) is 0 Å². The quantitative estimate of drug-likeness (QED) is 0.139. The van der Waals surface area contributed by atoms with Crippen molar-refractivity contribution in [3.63, 3.8) is 0 Å². The molecular weight excluding hydrogens is 1000 g/mol. The lowest BCUT2D eigenvalue weighted by Crippen LogP contribution is -2.37. The van der Waals surface area contributed by atoms with Gasteiger partial charge in [0.2, 0.25) is 0 Å².